The molecule has 0 amide bonds. The van der Waals surface area contributed by atoms with Gasteiger partial charge in [-0.3, -0.25) is 0 Å². The van der Waals surface area contributed by atoms with E-state index in [1.54, 1.807) is 0 Å². The van der Waals surface area contributed by atoms with E-state index in [-0.39, 0.29) is 0 Å². The minimum absolute atomic E-state index is 1.17. The van der Waals surface area contributed by atoms with E-state index in [0.717, 1.165) is 0 Å². The molecule has 3 heteroatoms. The zero-order chi connectivity index (χ0) is 12.3. The molecule has 0 bridgehead atoms. The van der Waals surface area contributed by atoms with Gasteiger partial charge >= 0.3 is 8.56 Å². The highest BCUT2D eigenvalue weighted by atomic mass is 28.4. The summed E-state index contributed by atoms with van der Waals surface area (Å²) < 4.78 is 11.5. The number of hydrogen-bond acceptors (Lipinski definition) is 2. The van der Waals surface area contributed by atoms with Gasteiger partial charge < -0.3 is 8.85 Å². The van der Waals surface area contributed by atoms with Crippen molar-refractivity contribution in [3.63, 3.8) is 0 Å². The quantitative estimate of drug-likeness (QED) is 0.395. The predicted octanol–water partition coefficient (Wildman–Crippen LogP) is 4.49. The molecule has 0 atom stereocenters. The maximum atomic E-state index is 5.73. The molecule has 0 aliphatic rings. The van der Waals surface area contributed by atoms with E-state index in [1.807, 2.05) is 14.2 Å². The lowest BCUT2D eigenvalue weighted by Crippen LogP contribution is -2.39. The van der Waals surface area contributed by atoms with Crippen LogP contribution in [-0.4, -0.2) is 22.8 Å². The lowest BCUT2D eigenvalue weighted by Gasteiger charge is -2.27. The van der Waals surface area contributed by atoms with Gasteiger partial charge in [-0.25, -0.2) is 0 Å². The maximum absolute atomic E-state index is 5.73. The van der Waals surface area contributed by atoms with E-state index < -0.39 is 8.56 Å². The molecule has 0 saturated carbocycles. The van der Waals surface area contributed by atoms with Gasteiger partial charge in [0.25, 0.3) is 0 Å². The van der Waals surface area contributed by atoms with E-state index >= 15 is 0 Å². The van der Waals surface area contributed by atoms with Crippen molar-refractivity contribution in [2.75, 3.05) is 14.2 Å². The number of rotatable bonds is 11. The first-order chi connectivity index (χ1) is 7.74. The first kappa shape index (κ1) is 16.1. The predicted molar refractivity (Wildman–Crippen MR) is 73.1 cm³/mol. The molecule has 0 radical (unpaired) electrons. The standard InChI is InChI=1S/C13H30O2Si/c1-5-7-9-11-13-16(14-3,15-4)12-10-8-6-2/h5-13H2,1-4H3. The van der Waals surface area contributed by atoms with Crippen molar-refractivity contribution in [2.45, 2.75) is 70.9 Å². The minimum Gasteiger partial charge on any atom is -0.398 e. The molecule has 16 heavy (non-hydrogen) atoms. The fraction of sp³-hybridized carbons (Fsp3) is 1.00. The van der Waals surface area contributed by atoms with Crippen LogP contribution in [0, 0.1) is 0 Å². The SMILES string of the molecule is CCCCCC[Si](CCCCC)(OC)OC. The Kier molecular flexibility index (Phi) is 10.4. The molecule has 0 spiro atoms. The Hall–Kier alpha value is 0.137. The Bertz CT molecular complexity index is 147. The van der Waals surface area contributed by atoms with Gasteiger partial charge in [0.15, 0.2) is 0 Å². The van der Waals surface area contributed by atoms with E-state index in [4.69, 9.17) is 8.85 Å². The topological polar surface area (TPSA) is 18.5 Å². The highest BCUT2D eigenvalue weighted by Crippen LogP contribution is 2.24. The highest BCUT2D eigenvalue weighted by molar-refractivity contribution is 6.67. The monoisotopic (exact) mass is 246 g/mol. The largest absolute Gasteiger partial charge is 0.398 e. The fourth-order valence-electron chi connectivity index (χ4n) is 2.08. The average molecular weight is 246 g/mol. The molecule has 0 rings (SSSR count). The summed E-state index contributed by atoms with van der Waals surface area (Å²) in [6, 6.07) is 2.34. The van der Waals surface area contributed by atoms with Crippen LogP contribution in [0.4, 0.5) is 0 Å². The first-order valence-electron chi connectivity index (χ1n) is 6.85. The molecule has 0 fully saturated rings. The van der Waals surface area contributed by atoms with Crippen molar-refractivity contribution in [1.82, 2.24) is 0 Å². The van der Waals surface area contributed by atoms with Crippen molar-refractivity contribution in [2.24, 2.45) is 0 Å². The van der Waals surface area contributed by atoms with Gasteiger partial charge in [0, 0.05) is 14.2 Å². The van der Waals surface area contributed by atoms with Gasteiger partial charge in [-0.1, -0.05) is 58.8 Å². The van der Waals surface area contributed by atoms with Crippen molar-refractivity contribution in [3.8, 4) is 0 Å². The minimum atomic E-state index is -1.83. The number of hydrogen-bond donors (Lipinski definition) is 0. The van der Waals surface area contributed by atoms with Crippen molar-refractivity contribution in [1.29, 1.82) is 0 Å². The summed E-state index contributed by atoms with van der Waals surface area (Å²) in [7, 11) is 1.84. The van der Waals surface area contributed by atoms with Gasteiger partial charge in [0.05, 0.1) is 0 Å². The molecule has 98 valence electrons. The third-order valence-corrected chi connectivity index (χ3v) is 7.04. The van der Waals surface area contributed by atoms with Gasteiger partial charge in [-0.15, -0.1) is 0 Å². The van der Waals surface area contributed by atoms with Gasteiger partial charge in [0.1, 0.15) is 0 Å². The second kappa shape index (κ2) is 10.3. The molecule has 0 N–H and O–H groups in total. The maximum Gasteiger partial charge on any atom is 0.337 e. The lowest BCUT2D eigenvalue weighted by molar-refractivity contribution is 0.238. The van der Waals surface area contributed by atoms with Crippen LogP contribution in [-0.2, 0) is 8.85 Å². The summed E-state index contributed by atoms with van der Waals surface area (Å²) in [6.07, 6.45) is 9.07. The zero-order valence-electron chi connectivity index (χ0n) is 11.7. The fourth-order valence-corrected chi connectivity index (χ4v) is 4.89. The Labute approximate surface area is 103 Å². The van der Waals surface area contributed by atoms with Gasteiger partial charge in [-0.2, -0.15) is 0 Å². The van der Waals surface area contributed by atoms with E-state index in [9.17, 15) is 0 Å². The second-order valence-corrected chi connectivity index (χ2v) is 8.22. The average Bonchev–Trinajstić information content (AvgIpc) is 2.33. The summed E-state index contributed by atoms with van der Waals surface area (Å²) >= 11 is 0. The lowest BCUT2D eigenvalue weighted by atomic mass is 10.2. The van der Waals surface area contributed by atoms with Crippen molar-refractivity contribution in [3.05, 3.63) is 0 Å². The zero-order valence-corrected chi connectivity index (χ0v) is 12.7. The number of unbranched alkanes of at least 4 members (excludes halogenated alkanes) is 5. The van der Waals surface area contributed by atoms with Crippen LogP contribution < -0.4 is 0 Å². The molecule has 0 aliphatic heterocycles. The molecule has 0 saturated heterocycles. The molecule has 2 nitrogen and oxygen atoms in total. The van der Waals surface area contributed by atoms with E-state index in [1.165, 1.54) is 57.0 Å². The van der Waals surface area contributed by atoms with Gasteiger partial charge in [-0.05, 0) is 12.1 Å². The summed E-state index contributed by atoms with van der Waals surface area (Å²) in [4.78, 5) is 0. The Morgan fingerprint density at radius 1 is 0.688 bits per heavy atom. The molecule has 0 unspecified atom stereocenters. The summed E-state index contributed by atoms with van der Waals surface area (Å²) in [5.74, 6) is 0. The normalized spacial score (nSPS) is 12.0. The van der Waals surface area contributed by atoms with Crippen LogP contribution >= 0.6 is 0 Å². The van der Waals surface area contributed by atoms with Crippen LogP contribution in [0.3, 0.4) is 0 Å². The van der Waals surface area contributed by atoms with Crippen LogP contribution in [0.25, 0.3) is 0 Å². The summed E-state index contributed by atoms with van der Waals surface area (Å²) in [5.41, 5.74) is 0. The molecular formula is C13H30O2Si. The van der Waals surface area contributed by atoms with E-state index in [2.05, 4.69) is 13.8 Å². The summed E-state index contributed by atoms with van der Waals surface area (Å²) in [5, 5.41) is 0. The third kappa shape index (κ3) is 6.66. The second-order valence-electron chi connectivity index (χ2n) is 4.59. The Morgan fingerprint density at radius 2 is 1.12 bits per heavy atom. The first-order valence-corrected chi connectivity index (χ1v) is 9.08. The summed E-state index contributed by atoms with van der Waals surface area (Å²) in [6.45, 7) is 4.49. The molecular weight excluding hydrogens is 216 g/mol. The molecule has 0 aromatic carbocycles. The molecule has 0 aliphatic carbocycles. The van der Waals surface area contributed by atoms with Crippen LogP contribution in [0.2, 0.25) is 12.1 Å². The molecule has 0 aromatic rings. The van der Waals surface area contributed by atoms with Gasteiger partial charge in [0.2, 0.25) is 0 Å². The Balaban J connectivity index is 3.90. The highest BCUT2D eigenvalue weighted by Gasteiger charge is 2.33. The third-order valence-electron chi connectivity index (χ3n) is 3.32. The van der Waals surface area contributed by atoms with Crippen molar-refractivity contribution < 1.29 is 8.85 Å². The van der Waals surface area contributed by atoms with Crippen molar-refractivity contribution >= 4 is 8.56 Å². The Morgan fingerprint density at radius 3 is 1.56 bits per heavy atom. The smallest absolute Gasteiger partial charge is 0.337 e. The van der Waals surface area contributed by atoms with Crippen LogP contribution in [0.15, 0.2) is 0 Å². The molecule has 0 aromatic heterocycles. The van der Waals surface area contributed by atoms with Crippen LogP contribution in [0.1, 0.15) is 58.8 Å². The molecule has 0 heterocycles. The van der Waals surface area contributed by atoms with Crippen LogP contribution in [0.5, 0.6) is 0 Å². The van der Waals surface area contributed by atoms with E-state index in [0.29, 0.717) is 0 Å².